The lowest BCUT2D eigenvalue weighted by molar-refractivity contribution is 0.0696. The maximum absolute atomic E-state index is 11.7. The number of carbonyl (C=O) groups is 1. The lowest BCUT2D eigenvalue weighted by atomic mass is 10.2. The second kappa shape index (κ2) is 5.44. The summed E-state index contributed by atoms with van der Waals surface area (Å²) in [5.41, 5.74) is -0.0782. The Morgan fingerprint density at radius 2 is 2.12 bits per heavy atom. The summed E-state index contributed by atoms with van der Waals surface area (Å²) in [6.45, 7) is 3.53. The molecule has 0 aliphatic heterocycles. The Hall–Kier alpha value is -1.18. The number of nitrogens with one attached hydrogen (secondary N) is 1. The van der Waals surface area contributed by atoms with Gasteiger partial charge in [-0.15, -0.1) is 0 Å². The van der Waals surface area contributed by atoms with Crippen molar-refractivity contribution in [2.24, 2.45) is 0 Å². The van der Waals surface area contributed by atoms with Gasteiger partial charge < -0.3 is 5.11 Å². The third-order valence-electron chi connectivity index (χ3n) is 1.85. The van der Waals surface area contributed by atoms with Crippen LogP contribution >= 0.6 is 15.9 Å². The van der Waals surface area contributed by atoms with E-state index in [2.05, 4.69) is 27.2 Å². The van der Waals surface area contributed by atoms with E-state index in [9.17, 15) is 13.2 Å². The van der Waals surface area contributed by atoms with Gasteiger partial charge in [-0.25, -0.2) is 17.9 Å². The zero-order valence-corrected chi connectivity index (χ0v) is 11.1. The van der Waals surface area contributed by atoms with Crippen LogP contribution in [0.3, 0.4) is 0 Å². The van der Waals surface area contributed by atoms with Gasteiger partial charge in [0, 0.05) is 11.0 Å². The molecule has 92 valence electrons. The molecule has 0 spiro atoms. The molecule has 1 rings (SSSR count). The summed E-state index contributed by atoms with van der Waals surface area (Å²) in [6.07, 6.45) is 0. The Kier molecular flexibility index (Phi) is 4.44. The molecule has 0 aromatic heterocycles. The lowest BCUT2D eigenvalue weighted by Gasteiger charge is -2.06. The Morgan fingerprint density at radius 3 is 2.65 bits per heavy atom. The molecular formula is C10H10BrNO4S. The molecule has 1 aromatic rings. The number of sulfonamides is 1. The second-order valence-corrected chi connectivity index (χ2v) is 6.06. The summed E-state index contributed by atoms with van der Waals surface area (Å²) in [5, 5.41) is 8.76. The molecule has 0 aliphatic carbocycles. The topological polar surface area (TPSA) is 83.5 Å². The van der Waals surface area contributed by atoms with Crippen LogP contribution in [0.25, 0.3) is 0 Å². The Balaban J connectivity index is 3.03. The van der Waals surface area contributed by atoms with Gasteiger partial charge in [-0.2, -0.15) is 0 Å². The Labute approximate surface area is 107 Å². The van der Waals surface area contributed by atoms with Gasteiger partial charge in [-0.1, -0.05) is 28.6 Å². The highest BCUT2D eigenvalue weighted by Crippen LogP contribution is 2.12. The molecule has 1 aromatic carbocycles. The minimum absolute atomic E-state index is 0.0413. The van der Waals surface area contributed by atoms with Crippen molar-refractivity contribution in [2.75, 3.05) is 6.54 Å². The van der Waals surface area contributed by atoms with Crippen molar-refractivity contribution in [2.45, 2.75) is 4.90 Å². The maximum atomic E-state index is 11.7. The third kappa shape index (κ3) is 3.95. The molecule has 7 heteroatoms. The second-order valence-electron chi connectivity index (χ2n) is 3.17. The fourth-order valence-electron chi connectivity index (χ4n) is 1.05. The summed E-state index contributed by atoms with van der Waals surface area (Å²) < 4.78 is 26.2. The highest BCUT2D eigenvalue weighted by atomic mass is 79.9. The molecule has 17 heavy (non-hydrogen) atoms. The molecule has 0 radical (unpaired) electrons. The number of aromatic carboxylic acids is 1. The van der Waals surface area contributed by atoms with Crippen molar-refractivity contribution >= 4 is 31.9 Å². The summed E-state index contributed by atoms with van der Waals surface area (Å²) in [5.74, 6) is -1.17. The third-order valence-corrected chi connectivity index (χ3v) is 3.52. The minimum Gasteiger partial charge on any atom is -0.478 e. The van der Waals surface area contributed by atoms with Crippen LogP contribution in [0, 0.1) is 0 Å². The molecule has 0 bridgehead atoms. The van der Waals surface area contributed by atoms with Gasteiger partial charge in [-0.3, -0.25) is 0 Å². The average Bonchev–Trinajstić information content (AvgIpc) is 2.27. The van der Waals surface area contributed by atoms with Crippen LogP contribution in [-0.2, 0) is 10.0 Å². The summed E-state index contributed by atoms with van der Waals surface area (Å²) in [4.78, 5) is 10.6. The molecule has 0 aliphatic rings. The van der Waals surface area contributed by atoms with Gasteiger partial charge in [0.15, 0.2) is 0 Å². The van der Waals surface area contributed by atoms with Gasteiger partial charge in [-0.05, 0) is 18.2 Å². The van der Waals surface area contributed by atoms with Crippen LogP contribution < -0.4 is 4.72 Å². The van der Waals surface area contributed by atoms with Crippen LogP contribution in [0.4, 0.5) is 0 Å². The molecular weight excluding hydrogens is 310 g/mol. The Bertz CT molecular complexity index is 553. The van der Waals surface area contributed by atoms with Crippen LogP contribution in [-0.4, -0.2) is 26.0 Å². The molecule has 5 nitrogen and oxygen atoms in total. The van der Waals surface area contributed by atoms with Gasteiger partial charge in [0.1, 0.15) is 0 Å². The van der Waals surface area contributed by atoms with Crippen LogP contribution in [0.1, 0.15) is 10.4 Å². The standard InChI is InChI=1S/C10H10BrNO4S/c1-7(11)6-12-17(15,16)9-4-2-3-8(5-9)10(13)14/h2-5,12H,1,6H2,(H,13,14). The molecule has 0 saturated carbocycles. The smallest absolute Gasteiger partial charge is 0.335 e. The molecule has 0 atom stereocenters. The van der Waals surface area contributed by atoms with E-state index in [1.807, 2.05) is 0 Å². The van der Waals surface area contributed by atoms with E-state index in [-0.39, 0.29) is 17.0 Å². The number of hydrogen-bond acceptors (Lipinski definition) is 3. The number of carboxylic acid groups (broad SMARTS) is 1. The molecule has 2 N–H and O–H groups in total. The van der Waals surface area contributed by atoms with Crippen molar-refractivity contribution < 1.29 is 18.3 Å². The first-order valence-electron chi connectivity index (χ1n) is 4.49. The number of benzene rings is 1. The van der Waals surface area contributed by atoms with E-state index in [0.717, 1.165) is 6.07 Å². The molecule has 0 heterocycles. The van der Waals surface area contributed by atoms with Gasteiger partial charge >= 0.3 is 5.97 Å². The van der Waals surface area contributed by atoms with Crippen LogP contribution in [0.5, 0.6) is 0 Å². The van der Waals surface area contributed by atoms with Crippen LogP contribution in [0.2, 0.25) is 0 Å². The lowest BCUT2D eigenvalue weighted by Crippen LogP contribution is -2.25. The van der Waals surface area contributed by atoms with E-state index >= 15 is 0 Å². The number of rotatable bonds is 5. The highest BCUT2D eigenvalue weighted by Gasteiger charge is 2.15. The van der Waals surface area contributed by atoms with E-state index in [1.165, 1.54) is 18.2 Å². The predicted octanol–water partition coefficient (Wildman–Crippen LogP) is 1.57. The van der Waals surface area contributed by atoms with E-state index in [0.29, 0.717) is 4.48 Å². The van der Waals surface area contributed by atoms with Crippen molar-refractivity contribution in [1.82, 2.24) is 4.72 Å². The summed E-state index contributed by atoms with van der Waals surface area (Å²) in [6, 6.07) is 5.12. The van der Waals surface area contributed by atoms with Crippen molar-refractivity contribution in [1.29, 1.82) is 0 Å². The molecule has 0 unspecified atom stereocenters. The van der Waals surface area contributed by atoms with Gasteiger partial charge in [0.2, 0.25) is 10.0 Å². The highest BCUT2D eigenvalue weighted by molar-refractivity contribution is 9.11. The summed E-state index contributed by atoms with van der Waals surface area (Å²) >= 11 is 3.02. The van der Waals surface area contributed by atoms with Crippen molar-refractivity contribution in [3.8, 4) is 0 Å². The first-order chi connectivity index (χ1) is 7.83. The summed E-state index contributed by atoms with van der Waals surface area (Å²) in [7, 11) is -3.72. The average molecular weight is 320 g/mol. The zero-order chi connectivity index (χ0) is 13.1. The largest absolute Gasteiger partial charge is 0.478 e. The molecule has 0 fully saturated rings. The number of hydrogen-bond donors (Lipinski definition) is 2. The van der Waals surface area contributed by atoms with E-state index in [1.54, 1.807) is 0 Å². The Morgan fingerprint density at radius 1 is 1.47 bits per heavy atom. The minimum atomic E-state index is -3.72. The van der Waals surface area contributed by atoms with E-state index in [4.69, 9.17) is 5.11 Å². The SMILES string of the molecule is C=C(Br)CNS(=O)(=O)c1cccc(C(=O)O)c1. The monoisotopic (exact) mass is 319 g/mol. The number of halogens is 1. The van der Waals surface area contributed by atoms with Gasteiger partial charge in [0.25, 0.3) is 0 Å². The molecule has 0 amide bonds. The normalized spacial score (nSPS) is 11.1. The van der Waals surface area contributed by atoms with Gasteiger partial charge in [0.05, 0.1) is 10.5 Å². The maximum Gasteiger partial charge on any atom is 0.335 e. The quantitative estimate of drug-likeness (QED) is 0.863. The fourth-order valence-corrected chi connectivity index (χ4v) is 2.45. The first kappa shape index (κ1) is 13.9. The fraction of sp³-hybridized carbons (Fsp3) is 0.100. The number of carboxylic acids is 1. The van der Waals surface area contributed by atoms with Crippen molar-refractivity contribution in [3.05, 3.63) is 40.9 Å². The van der Waals surface area contributed by atoms with Crippen molar-refractivity contribution in [3.63, 3.8) is 0 Å². The first-order valence-corrected chi connectivity index (χ1v) is 6.77. The zero-order valence-electron chi connectivity index (χ0n) is 8.68. The van der Waals surface area contributed by atoms with Crippen LogP contribution in [0.15, 0.2) is 40.2 Å². The predicted molar refractivity (Wildman–Crippen MR) is 66.7 cm³/mol. The molecule has 0 saturated heterocycles. The van der Waals surface area contributed by atoms with E-state index < -0.39 is 16.0 Å².